The number of fused-ring (bicyclic) bond motifs is 7. The molecular formula is C33H46N2O13. The van der Waals surface area contributed by atoms with Gasteiger partial charge >= 0.3 is 12.1 Å². The third kappa shape index (κ3) is 6.49. The Morgan fingerprint density at radius 1 is 1.19 bits per heavy atom. The summed E-state index contributed by atoms with van der Waals surface area (Å²) in [5.41, 5.74) is 3.98. The van der Waals surface area contributed by atoms with Crippen molar-refractivity contribution in [2.45, 2.75) is 102 Å². The summed E-state index contributed by atoms with van der Waals surface area (Å²) in [6.07, 6.45) is 6.12. The molecule has 0 aromatic rings. The zero-order valence-corrected chi connectivity index (χ0v) is 27.6. The molecule has 266 valence electrons. The highest BCUT2D eigenvalue weighted by Crippen LogP contribution is 2.69. The minimum absolute atomic E-state index is 0.000965. The third-order valence-electron chi connectivity index (χ3n) is 11.2. The zero-order valence-electron chi connectivity index (χ0n) is 27.6. The van der Waals surface area contributed by atoms with Crippen molar-refractivity contribution >= 4 is 23.7 Å². The van der Waals surface area contributed by atoms with E-state index in [0.29, 0.717) is 32.1 Å². The first-order valence-corrected chi connectivity index (χ1v) is 16.7. The lowest BCUT2D eigenvalue weighted by atomic mass is 9.47. The molecule has 0 aromatic heterocycles. The number of hydrogen-bond acceptors (Lipinski definition) is 14. The number of allylic oxidation sites excluding steroid dienone is 4. The molecule has 0 radical (unpaired) electrons. The molecule has 1 heterocycles. The van der Waals surface area contributed by atoms with Crippen LogP contribution in [-0.4, -0.2) is 90.5 Å². The predicted octanol–water partition coefficient (Wildman–Crippen LogP) is 2.74. The molecule has 3 N–H and O–H groups in total. The number of nitrogens with zero attached hydrogens (tertiary/aromatic N) is 1. The lowest BCUT2D eigenvalue weighted by Gasteiger charge is -2.59. The first-order chi connectivity index (χ1) is 22.8. The number of Topliss-reactive ketones (excluding diaryl/α,β-unsaturated/α-hetero) is 1. The maximum atomic E-state index is 14.2. The highest BCUT2D eigenvalue weighted by Gasteiger charge is 2.75. The highest BCUT2D eigenvalue weighted by molar-refractivity contribution is 5.94. The van der Waals surface area contributed by atoms with Gasteiger partial charge in [0.1, 0.15) is 12.6 Å². The van der Waals surface area contributed by atoms with Crippen LogP contribution in [0.4, 0.5) is 4.79 Å². The number of aliphatic hydroxyl groups excluding tert-OH is 1. The van der Waals surface area contributed by atoms with E-state index in [4.69, 9.17) is 29.4 Å². The van der Waals surface area contributed by atoms with Crippen LogP contribution in [0.5, 0.6) is 0 Å². The van der Waals surface area contributed by atoms with Crippen molar-refractivity contribution < 1.29 is 57.9 Å². The Labute approximate surface area is 278 Å². The normalized spacial score (nSPS) is 36.9. The minimum atomic E-state index is -1.47. The van der Waals surface area contributed by atoms with Gasteiger partial charge in [0.25, 0.3) is 5.09 Å². The molecular weight excluding hydrogens is 632 g/mol. The molecule has 3 fully saturated rings. The van der Waals surface area contributed by atoms with Crippen LogP contribution in [0.2, 0.25) is 0 Å². The van der Waals surface area contributed by atoms with Crippen molar-refractivity contribution in [2.24, 2.45) is 34.3 Å². The molecule has 2 saturated carbocycles. The van der Waals surface area contributed by atoms with Gasteiger partial charge in [-0.3, -0.25) is 14.4 Å². The Morgan fingerprint density at radius 3 is 2.67 bits per heavy atom. The number of ether oxygens (including phenoxy) is 5. The molecule has 48 heavy (non-hydrogen) atoms. The summed E-state index contributed by atoms with van der Waals surface area (Å²) in [6.45, 7) is 4.59. The number of esters is 1. The largest absolute Gasteiger partial charge is 0.508 e. The molecule has 5 aliphatic rings. The summed E-state index contributed by atoms with van der Waals surface area (Å²) in [7, 11) is 0. The molecule has 15 heteroatoms. The van der Waals surface area contributed by atoms with Crippen molar-refractivity contribution in [1.29, 1.82) is 0 Å². The fourth-order valence-corrected chi connectivity index (χ4v) is 9.04. The van der Waals surface area contributed by atoms with Crippen LogP contribution in [0, 0.1) is 38.7 Å². The van der Waals surface area contributed by atoms with Gasteiger partial charge in [-0.1, -0.05) is 44.9 Å². The molecule has 10 atom stereocenters. The third-order valence-corrected chi connectivity index (χ3v) is 11.2. The summed E-state index contributed by atoms with van der Waals surface area (Å²) in [5.74, 6) is -1.50. The molecule has 0 amide bonds. The molecule has 5 rings (SSSR count). The van der Waals surface area contributed by atoms with Gasteiger partial charge in [0.2, 0.25) is 5.78 Å². The molecule has 4 aliphatic carbocycles. The van der Waals surface area contributed by atoms with E-state index in [1.165, 1.54) is 0 Å². The molecule has 3 unspecified atom stereocenters. The number of unbranched alkanes of at least 4 members (excludes halogenated alkanes) is 1. The van der Waals surface area contributed by atoms with Crippen molar-refractivity contribution in [3.05, 3.63) is 33.9 Å². The van der Waals surface area contributed by atoms with Gasteiger partial charge in [0, 0.05) is 23.2 Å². The van der Waals surface area contributed by atoms with Gasteiger partial charge in [-0.15, -0.1) is 10.1 Å². The topological polar surface area (TPSA) is 213 Å². The van der Waals surface area contributed by atoms with Crippen LogP contribution < -0.4 is 5.73 Å². The van der Waals surface area contributed by atoms with Gasteiger partial charge in [-0.25, -0.2) is 4.79 Å². The number of ketones is 2. The minimum Gasteiger partial charge on any atom is -0.464 e. The van der Waals surface area contributed by atoms with Crippen LogP contribution in [0.3, 0.4) is 0 Å². The van der Waals surface area contributed by atoms with E-state index in [2.05, 4.69) is 17.8 Å². The van der Waals surface area contributed by atoms with Gasteiger partial charge < -0.3 is 39.4 Å². The fraction of sp³-hybridized carbons (Fsp3) is 0.758. The van der Waals surface area contributed by atoms with Gasteiger partial charge in [-0.05, 0) is 56.4 Å². The molecule has 0 spiro atoms. The molecule has 1 aliphatic heterocycles. The number of rotatable bonds is 14. The van der Waals surface area contributed by atoms with Crippen LogP contribution >= 0.6 is 0 Å². The smallest absolute Gasteiger partial charge is 0.464 e. The number of aliphatic hydroxyl groups is 1. The van der Waals surface area contributed by atoms with E-state index < -0.39 is 77.2 Å². The van der Waals surface area contributed by atoms with Crippen molar-refractivity contribution in [3.8, 4) is 0 Å². The quantitative estimate of drug-likeness (QED) is 0.0889. The SMILES string of the molecule is CCCC1O[C@@H]2C[C@H]3[C@@H]4CC=C5CC(=O)C=C[C@]5(C)[C@H]4[C@@H](O)C[C@]3(C)C2(C(=O)COC(=O)OCC(N)C(=O)OCCCCO[N+](=O)[O-])O1. The van der Waals surface area contributed by atoms with Crippen molar-refractivity contribution in [3.63, 3.8) is 0 Å². The van der Waals surface area contributed by atoms with E-state index >= 15 is 0 Å². The second-order valence-electron chi connectivity index (χ2n) is 14.0. The van der Waals surface area contributed by atoms with E-state index in [1.807, 2.05) is 19.9 Å². The Hall–Kier alpha value is -3.40. The van der Waals surface area contributed by atoms with Crippen LogP contribution in [0.1, 0.15) is 72.1 Å². The summed E-state index contributed by atoms with van der Waals surface area (Å²) < 4.78 is 28.1. The molecule has 1 saturated heterocycles. The maximum absolute atomic E-state index is 14.2. The average Bonchev–Trinajstić information content (AvgIpc) is 3.52. The Morgan fingerprint density at radius 2 is 1.94 bits per heavy atom. The van der Waals surface area contributed by atoms with Crippen molar-refractivity contribution in [1.82, 2.24) is 0 Å². The highest BCUT2D eigenvalue weighted by atomic mass is 16.9. The lowest BCUT2D eigenvalue weighted by molar-refractivity contribution is -0.757. The number of nitrogens with two attached hydrogens (primary N) is 1. The second kappa shape index (κ2) is 14.2. The summed E-state index contributed by atoms with van der Waals surface area (Å²) in [4.78, 5) is 65.4. The van der Waals surface area contributed by atoms with Gasteiger partial charge in [0.15, 0.2) is 24.3 Å². The van der Waals surface area contributed by atoms with E-state index in [1.54, 1.807) is 6.08 Å². The average molecular weight is 679 g/mol. The van der Waals surface area contributed by atoms with E-state index in [9.17, 15) is 34.4 Å². The van der Waals surface area contributed by atoms with E-state index in [-0.39, 0.29) is 49.6 Å². The van der Waals surface area contributed by atoms with Crippen molar-refractivity contribution in [2.75, 3.05) is 26.4 Å². The summed E-state index contributed by atoms with van der Waals surface area (Å²) >= 11 is 0. The molecule has 0 aromatic carbocycles. The first-order valence-electron chi connectivity index (χ1n) is 16.7. The predicted molar refractivity (Wildman–Crippen MR) is 164 cm³/mol. The number of carbonyl (C=O) groups is 4. The lowest BCUT2D eigenvalue weighted by Crippen LogP contribution is -2.63. The molecule has 15 nitrogen and oxygen atoms in total. The Balaban J connectivity index is 1.22. The Kier molecular flexibility index (Phi) is 10.6. The van der Waals surface area contributed by atoms with Crippen LogP contribution in [-0.2, 0) is 42.9 Å². The Bertz CT molecular complexity index is 1350. The number of hydrogen-bond donors (Lipinski definition) is 2. The first kappa shape index (κ1) is 35.9. The van der Waals surface area contributed by atoms with Gasteiger partial charge in [0.05, 0.1) is 25.4 Å². The van der Waals surface area contributed by atoms with Gasteiger partial charge in [-0.2, -0.15) is 0 Å². The zero-order chi connectivity index (χ0) is 34.9. The molecule has 0 bridgehead atoms. The number of carbonyl (C=O) groups excluding carboxylic acids is 4. The fourth-order valence-electron chi connectivity index (χ4n) is 9.04. The maximum Gasteiger partial charge on any atom is 0.508 e. The van der Waals surface area contributed by atoms with Crippen LogP contribution in [0.25, 0.3) is 0 Å². The van der Waals surface area contributed by atoms with E-state index in [0.717, 1.165) is 12.0 Å². The second-order valence-corrected chi connectivity index (χ2v) is 14.0. The monoisotopic (exact) mass is 678 g/mol. The standard InChI is InChI=1S/C33H46N2O13/c1-4-7-27-47-26-15-22-21-9-8-19-14-20(36)10-11-31(19,2)28(21)24(37)16-32(22,3)33(26,48-27)25(38)18-45-30(40)44-17-23(34)29(39)43-12-5-6-13-46-35(41)42/h8,10-11,21-24,26-28,37H,4-7,9,12-18,34H2,1-3H3/t21-,22-,23?,24-,26+,27?,28+,31-,32-,33?/m0/s1. The van der Waals surface area contributed by atoms with Crippen LogP contribution in [0.15, 0.2) is 23.8 Å². The summed E-state index contributed by atoms with van der Waals surface area (Å²) in [6, 6.07) is -1.32. The summed E-state index contributed by atoms with van der Waals surface area (Å²) in [5, 5.41) is 21.1.